The fraction of sp³-hybridized carbons (Fsp3) is 0.261. The highest BCUT2D eigenvalue weighted by Gasteiger charge is 2.22. The quantitative estimate of drug-likeness (QED) is 0.649. The SMILES string of the molecule is CCCCC(c1cccnc1)N(C)C(=O)c1ccc(-c2cnccc2N)cc1. The molecule has 0 fully saturated rings. The van der Waals surface area contributed by atoms with Crippen LogP contribution in [0.4, 0.5) is 5.69 Å². The van der Waals surface area contributed by atoms with Gasteiger partial charge >= 0.3 is 0 Å². The van der Waals surface area contributed by atoms with Crippen LogP contribution in [0.2, 0.25) is 0 Å². The number of benzene rings is 1. The van der Waals surface area contributed by atoms with Crippen molar-refractivity contribution in [3.8, 4) is 11.1 Å². The van der Waals surface area contributed by atoms with Crippen molar-refractivity contribution >= 4 is 11.6 Å². The molecule has 28 heavy (non-hydrogen) atoms. The molecule has 2 N–H and O–H groups in total. The molecule has 2 heterocycles. The van der Waals surface area contributed by atoms with Crippen molar-refractivity contribution in [3.63, 3.8) is 0 Å². The highest BCUT2D eigenvalue weighted by Crippen LogP contribution is 2.28. The van der Waals surface area contributed by atoms with Crippen molar-refractivity contribution in [1.82, 2.24) is 14.9 Å². The number of hydrogen-bond acceptors (Lipinski definition) is 4. The van der Waals surface area contributed by atoms with Crippen molar-refractivity contribution in [1.29, 1.82) is 0 Å². The number of hydrogen-bond donors (Lipinski definition) is 1. The minimum absolute atomic E-state index is 0.00401. The van der Waals surface area contributed by atoms with Gasteiger partial charge in [-0.1, -0.05) is 38.0 Å². The monoisotopic (exact) mass is 374 g/mol. The van der Waals surface area contributed by atoms with E-state index in [4.69, 9.17) is 5.73 Å². The predicted molar refractivity (Wildman–Crippen MR) is 113 cm³/mol. The largest absolute Gasteiger partial charge is 0.398 e. The second-order valence-electron chi connectivity index (χ2n) is 6.90. The van der Waals surface area contributed by atoms with Gasteiger partial charge in [-0.3, -0.25) is 14.8 Å². The Labute approximate surface area is 166 Å². The maximum absolute atomic E-state index is 13.1. The van der Waals surface area contributed by atoms with Crippen molar-refractivity contribution in [2.45, 2.75) is 32.2 Å². The van der Waals surface area contributed by atoms with Gasteiger partial charge in [-0.25, -0.2) is 0 Å². The molecule has 0 aliphatic carbocycles. The van der Waals surface area contributed by atoms with Crippen LogP contribution in [-0.4, -0.2) is 27.8 Å². The fourth-order valence-electron chi connectivity index (χ4n) is 3.34. The van der Waals surface area contributed by atoms with Gasteiger partial charge in [-0.2, -0.15) is 0 Å². The molecule has 1 unspecified atom stereocenters. The molecule has 0 aliphatic rings. The second-order valence-corrected chi connectivity index (χ2v) is 6.90. The minimum atomic E-state index is -0.00401. The number of carbonyl (C=O) groups excluding carboxylic acids is 1. The Morgan fingerprint density at radius 1 is 1.07 bits per heavy atom. The Hall–Kier alpha value is -3.21. The number of aromatic nitrogens is 2. The third-order valence-corrected chi connectivity index (χ3v) is 4.99. The molecule has 5 heteroatoms. The van der Waals surface area contributed by atoms with Gasteiger partial charge in [0, 0.05) is 48.6 Å². The summed E-state index contributed by atoms with van der Waals surface area (Å²) in [6, 6.07) is 13.3. The number of nitrogen functional groups attached to an aromatic ring is 1. The highest BCUT2D eigenvalue weighted by atomic mass is 16.2. The van der Waals surface area contributed by atoms with Crippen LogP contribution in [0.1, 0.15) is 48.1 Å². The summed E-state index contributed by atoms with van der Waals surface area (Å²) in [7, 11) is 1.86. The first kappa shape index (κ1) is 19.5. The fourth-order valence-corrected chi connectivity index (χ4v) is 3.34. The molecule has 0 bridgehead atoms. The second kappa shape index (κ2) is 9.13. The van der Waals surface area contributed by atoms with E-state index in [9.17, 15) is 4.79 Å². The number of rotatable bonds is 7. The molecule has 0 spiro atoms. The van der Waals surface area contributed by atoms with E-state index < -0.39 is 0 Å². The van der Waals surface area contributed by atoms with Crippen LogP contribution in [0.3, 0.4) is 0 Å². The Bertz CT molecular complexity index is 909. The van der Waals surface area contributed by atoms with Crippen LogP contribution in [-0.2, 0) is 0 Å². The molecule has 3 aromatic rings. The summed E-state index contributed by atoms with van der Waals surface area (Å²) >= 11 is 0. The number of carbonyl (C=O) groups is 1. The van der Waals surface area contributed by atoms with Crippen molar-refractivity contribution in [3.05, 3.63) is 78.4 Å². The maximum atomic E-state index is 13.1. The molecule has 0 radical (unpaired) electrons. The molecule has 0 saturated heterocycles. The van der Waals surface area contributed by atoms with Gasteiger partial charge < -0.3 is 10.6 Å². The van der Waals surface area contributed by atoms with Gasteiger partial charge in [-0.05, 0) is 41.8 Å². The van der Waals surface area contributed by atoms with Gasteiger partial charge in [0.1, 0.15) is 0 Å². The molecule has 1 atom stereocenters. The lowest BCUT2D eigenvalue weighted by Crippen LogP contribution is -2.31. The summed E-state index contributed by atoms with van der Waals surface area (Å²) in [6.07, 6.45) is 10.1. The lowest BCUT2D eigenvalue weighted by molar-refractivity contribution is 0.0720. The minimum Gasteiger partial charge on any atom is -0.398 e. The normalized spacial score (nSPS) is 11.8. The van der Waals surface area contributed by atoms with E-state index >= 15 is 0 Å². The van der Waals surface area contributed by atoms with Crippen LogP contribution < -0.4 is 5.73 Å². The van der Waals surface area contributed by atoms with Crippen molar-refractivity contribution in [2.75, 3.05) is 12.8 Å². The van der Waals surface area contributed by atoms with Crippen molar-refractivity contribution < 1.29 is 4.79 Å². The number of amides is 1. The van der Waals surface area contributed by atoms with Crippen LogP contribution in [0.15, 0.2) is 67.3 Å². The Morgan fingerprint density at radius 2 is 1.82 bits per heavy atom. The summed E-state index contributed by atoms with van der Waals surface area (Å²) < 4.78 is 0. The summed E-state index contributed by atoms with van der Waals surface area (Å²) in [5.41, 5.74) is 10.2. The molecule has 0 aliphatic heterocycles. The third kappa shape index (κ3) is 4.36. The summed E-state index contributed by atoms with van der Waals surface area (Å²) in [5.74, 6) is -0.00401. The topological polar surface area (TPSA) is 72.1 Å². The molecular formula is C23H26N4O. The molecule has 2 aromatic heterocycles. The van der Waals surface area contributed by atoms with E-state index in [0.717, 1.165) is 36.0 Å². The van der Waals surface area contributed by atoms with Gasteiger partial charge in [0.2, 0.25) is 0 Å². The average molecular weight is 374 g/mol. The van der Waals surface area contributed by atoms with Crippen molar-refractivity contribution in [2.24, 2.45) is 0 Å². The van der Waals surface area contributed by atoms with E-state index in [-0.39, 0.29) is 11.9 Å². The number of anilines is 1. The van der Waals surface area contributed by atoms with E-state index in [1.807, 2.05) is 54.5 Å². The zero-order valence-electron chi connectivity index (χ0n) is 16.4. The molecular weight excluding hydrogens is 348 g/mol. The smallest absolute Gasteiger partial charge is 0.254 e. The van der Waals surface area contributed by atoms with Crippen LogP contribution in [0.5, 0.6) is 0 Å². The summed E-state index contributed by atoms with van der Waals surface area (Å²) in [4.78, 5) is 23.3. The summed E-state index contributed by atoms with van der Waals surface area (Å²) in [5, 5.41) is 0. The number of unbranched alkanes of at least 4 members (excludes halogenated alkanes) is 1. The predicted octanol–water partition coefficient (Wildman–Crippen LogP) is 4.73. The zero-order chi connectivity index (χ0) is 19.9. The number of nitrogens with zero attached hydrogens (tertiary/aromatic N) is 3. The Kier molecular flexibility index (Phi) is 6.37. The maximum Gasteiger partial charge on any atom is 0.254 e. The molecule has 1 amide bonds. The first-order valence-electron chi connectivity index (χ1n) is 9.58. The van der Waals surface area contributed by atoms with E-state index in [1.165, 1.54) is 0 Å². The molecule has 1 aromatic carbocycles. The molecule has 0 saturated carbocycles. The molecule has 3 rings (SSSR count). The van der Waals surface area contributed by atoms with E-state index in [2.05, 4.69) is 16.9 Å². The first-order valence-corrected chi connectivity index (χ1v) is 9.58. The van der Waals surface area contributed by atoms with Gasteiger partial charge in [0.15, 0.2) is 0 Å². The number of pyridine rings is 2. The molecule has 5 nitrogen and oxygen atoms in total. The van der Waals surface area contributed by atoms with E-state index in [0.29, 0.717) is 11.3 Å². The average Bonchev–Trinajstić information content (AvgIpc) is 2.74. The van der Waals surface area contributed by atoms with Crippen LogP contribution >= 0.6 is 0 Å². The lowest BCUT2D eigenvalue weighted by Gasteiger charge is -2.28. The Balaban J connectivity index is 1.82. The van der Waals surface area contributed by atoms with Gasteiger partial charge in [0.05, 0.1) is 6.04 Å². The summed E-state index contributed by atoms with van der Waals surface area (Å²) in [6.45, 7) is 2.16. The standard InChI is InChI=1S/C23H26N4O/c1-3-4-7-22(19-6-5-13-25-15-19)27(2)23(28)18-10-8-17(9-11-18)20-16-26-14-12-21(20)24/h5-6,8-16,22H,3-4,7H2,1-2H3,(H2,24,26). The Morgan fingerprint density at radius 3 is 2.46 bits per heavy atom. The third-order valence-electron chi connectivity index (χ3n) is 4.99. The van der Waals surface area contributed by atoms with E-state index in [1.54, 1.807) is 24.7 Å². The zero-order valence-corrected chi connectivity index (χ0v) is 16.4. The molecule has 144 valence electrons. The van der Waals surface area contributed by atoms with Gasteiger partial charge in [-0.15, -0.1) is 0 Å². The van der Waals surface area contributed by atoms with Gasteiger partial charge in [0.25, 0.3) is 5.91 Å². The van der Waals surface area contributed by atoms with Crippen LogP contribution in [0.25, 0.3) is 11.1 Å². The van der Waals surface area contributed by atoms with Crippen LogP contribution in [0, 0.1) is 0 Å². The first-order chi connectivity index (χ1) is 13.6. The number of nitrogens with two attached hydrogens (primary N) is 1. The lowest BCUT2D eigenvalue weighted by atomic mass is 9.99. The highest BCUT2D eigenvalue weighted by molar-refractivity contribution is 5.95.